The van der Waals surface area contributed by atoms with E-state index in [1.807, 2.05) is 0 Å². The molecule has 3 nitrogen and oxygen atoms in total. The molecule has 2 aromatic heterocycles. The average molecular weight is 296 g/mol. The molecule has 2 heterocycles. The Hall–Kier alpha value is -1.26. The SMILES string of the molecule is O=C1c2ccc(Cl)nc2-c2nc(Br)ccc21. The molecule has 0 aliphatic heterocycles. The molecule has 2 aromatic rings. The van der Waals surface area contributed by atoms with Gasteiger partial charge in [0, 0.05) is 0 Å². The van der Waals surface area contributed by atoms with E-state index in [0.29, 0.717) is 32.3 Å². The van der Waals surface area contributed by atoms with Crippen molar-refractivity contribution in [3.63, 3.8) is 0 Å². The predicted molar refractivity (Wildman–Crippen MR) is 63.6 cm³/mol. The van der Waals surface area contributed by atoms with Gasteiger partial charge in [0.05, 0.1) is 11.1 Å². The van der Waals surface area contributed by atoms with Crippen molar-refractivity contribution in [2.45, 2.75) is 0 Å². The third-order valence-electron chi connectivity index (χ3n) is 2.44. The zero-order chi connectivity index (χ0) is 11.3. The molecule has 0 saturated heterocycles. The molecule has 0 N–H and O–H groups in total. The number of aromatic nitrogens is 2. The Morgan fingerprint density at radius 2 is 1.62 bits per heavy atom. The van der Waals surface area contributed by atoms with Crippen LogP contribution in [0.1, 0.15) is 15.9 Å². The summed E-state index contributed by atoms with van der Waals surface area (Å²) in [5.41, 5.74) is 2.30. The highest BCUT2D eigenvalue weighted by Crippen LogP contribution is 2.35. The van der Waals surface area contributed by atoms with Crippen LogP contribution in [0.4, 0.5) is 0 Å². The van der Waals surface area contributed by atoms with Gasteiger partial charge in [0.25, 0.3) is 0 Å². The van der Waals surface area contributed by atoms with Gasteiger partial charge in [-0.25, -0.2) is 9.97 Å². The number of carbonyl (C=O) groups excluding carboxylic acids is 1. The van der Waals surface area contributed by atoms with Gasteiger partial charge in [-0.2, -0.15) is 0 Å². The lowest BCUT2D eigenvalue weighted by Crippen LogP contribution is -1.95. The average Bonchev–Trinajstić information content (AvgIpc) is 2.52. The van der Waals surface area contributed by atoms with E-state index in [0.717, 1.165) is 0 Å². The summed E-state index contributed by atoms with van der Waals surface area (Å²) in [7, 11) is 0. The van der Waals surface area contributed by atoms with Crippen molar-refractivity contribution in [1.29, 1.82) is 0 Å². The Morgan fingerprint density at radius 1 is 1.00 bits per heavy atom. The number of hydrogen-bond acceptors (Lipinski definition) is 3. The molecule has 0 fully saturated rings. The number of ketones is 1. The Morgan fingerprint density at radius 3 is 2.38 bits per heavy atom. The zero-order valence-corrected chi connectivity index (χ0v) is 10.2. The predicted octanol–water partition coefficient (Wildman–Crippen LogP) is 3.10. The molecule has 0 atom stereocenters. The molecule has 0 spiro atoms. The monoisotopic (exact) mass is 294 g/mol. The largest absolute Gasteiger partial charge is 0.288 e. The summed E-state index contributed by atoms with van der Waals surface area (Å²) in [5.74, 6) is -0.0471. The van der Waals surface area contributed by atoms with Crippen LogP contribution in [0.3, 0.4) is 0 Å². The van der Waals surface area contributed by atoms with E-state index in [1.54, 1.807) is 24.3 Å². The molecule has 1 aliphatic rings. The maximum absolute atomic E-state index is 12.0. The first-order valence-electron chi connectivity index (χ1n) is 4.55. The Labute approximate surface area is 105 Å². The lowest BCUT2D eigenvalue weighted by molar-refractivity contribution is 0.104. The fraction of sp³-hybridized carbons (Fsp3) is 0. The minimum atomic E-state index is -0.0471. The van der Waals surface area contributed by atoms with Crippen molar-refractivity contribution < 1.29 is 4.79 Å². The number of fused-ring (bicyclic) bond motifs is 3. The number of nitrogens with zero attached hydrogens (tertiary/aromatic N) is 2. The minimum Gasteiger partial charge on any atom is -0.288 e. The van der Waals surface area contributed by atoms with E-state index < -0.39 is 0 Å². The normalized spacial score (nSPS) is 12.5. The highest BCUT2D eigenvalue weighted by atomic mass is 79.9. The highest BCUT2D eigenvalue weighted by molar-refractivity contribution is 9.10. The van der Waals surface area contributed by atoms with Crippen molar-refractivity contribution in [2.24, 2.45) is 0 Å². The van der Waals surface area contributed by atoms with Gasteiger partial charge in [-0.15, -0.1) is 0 Å². The Kier molecular flexibility index (Phi) is 2.09. The van der Waals surface area contributed by atoms with Crippen LogP contribution in [0.5, 0.6) is 0 Å². The van der Waals surface area contributed by atoms with Gasteiger partial charge in [-0.05, 0) is 40.2 Å². The van der Waals surface area contributed by atoms with E-state index in [9.17, 15) is 4.79 Å². The lowest BCUT2D eigenvalue weighted by Gasteiger charge is -1.98. The van der Waals surface area contributed by atoms with Crippen LogP contribution in [0.25, 0.3) is 11.4 Å². The fourth-order valence-electron chi connectivity index (χ4n) is 1.74. The Balaban J connectivity index is 2.37. The highest BCUT2D eigenvalue weighted by Gasteiger charge is 2.29. The standard InChI is InChI=1S/C11H4BrClN2O/c12-7-3-1-5-9(14-7)10-6(11(5)16)2-4-8(13)15-10/h1-4H. The summed E-state index contributed by atoms with van der Waals surface area (Å²) in [4.78, 5) is 20.4. The third-order valence-corrected chi connectivity index (χ3v) is 3.09. The first kappa shape index (κ1) is 9.93. The molecular weight excluding hydrogens is 291 g/mol. The van der Waals surface area contributed by atoms with Crippen LogP contribution in [0, 0.1) is 0 Å². The van der Waals surface area contributed by atoms with Gasteiger partial charge < -0.3 is 0 Å². The van der Waals surface area contributed by atoms with Gasteiger partial charge in [0.15, 0.2) is 5.78 Å². The zero-order valence-electron chi connectivity index (χ0n) is 7.87. The van der Waals surface area contributed by atoms with Crippen LogP contribution in [0.2, 0.25) is 5.15 Å². The van der Waals surface area contributed by atoms with Crippen molar-refractivity contribution in [3.05, 3.63) is 45.1 Å². The second-order valence-electron chi connectivity index (χ2n) is 3.39. The van der Waals surface area contributed by atoms with Crippen LogP contribution < -0.4 is 0 Å². The van der Waals surface area contributed by atoms with E-state index in [4.69, 9.17) is 11.6 Å². The quantitative estimate of drug-likeness (QED) is 0.599. The number of halogens is 2. The number of carbonyl (C=O) groups is 1. The summed E-state index contributed by atoms with van der Waals surface area (Å²) >= 11 is 9.09. The molecule has 0 amide bonds. The third kappa shape index (κ3) is 1.30. The molecule has 0 unspecified atom stereocenters. The van der Waals surface area contributed by atoms with Crippen molar-refractivity contribution in [1.82, 2.24) is 9.97 Å². The summed E-state index contributed by atoms with van der Waals surface area (Å²) < 4.78 is 0.675. The minimum absolute atomic E-state index is 0.0471. The Bertz CT molecular complexity index is 574. The van der Waals surface area contributed by atoms with Gasteiger partial charge in [0.1, 0.15) is 21.1 Å². The number of hydrogen-bond donors (Lipinski definition) is 0. The topological polar surface area (TPSA) is 42.9 Å². The number of rotatable bonds is 0. The van der Waals surface area contributed by atoms with Crippen molar-refractivity contribution in [2.75, 3.05) is 0 Å². The molecule has 1 aliphatic carbocycles. The second-order valence-corrected chi connectivity index (χ2v) is 4.59. The fourth-order valence-corrected chi connectivity index (χ4v) is 2.20. The maximum atomic E-state index is 12.0. The number of pyridine rings is 2. The molecule has 0 bridgehead atoms. The molecular formula is C11H4BrClN2O. The van der Waals surface area contributed by atoms with Crippen LogP contribution >= 0.6 is 27.5 Å². The van der Waals surface area contributed by atoms with E-state index in [2.05, 4.69) is 25.9 Å². The molecule has 3 rings (SSSR count). The van der Waals surface area contributed by atoms with E-state index in [-0.39, 0.29) is 5.78 Å². The first-order chi connectivity index (χ1) is 7.66. The van der Waals surface area contributed by atoms with Gasteiger partial charge >= 0.3 is 0 Å². The van der Waals surface area contributed by atoms with E-state index >= 15 is 0 Å². The lowest BCUT2D eigenvalue weighted by atomic mass is 10.1. The summed E-state index contributed by atoms with van der Waals surface area (Å²) in [6.45, 7) is 0. The maximum Gasteiger partial charge on any atom is 0.197 e. The molecule has 5 heteroatoms. The summed E-state index contributed by atoms with van der Waals surface area (Å²) in [6, 6.07) is 6.77. The second kappa shape index (κ2) is 3.37. The van der Waals surface area contributed by atoms with Crippen LogP contribution in [-0.2, 0) is 0 Å². The summed E-state index contributed by atoms with van der Waals surface area (Å²) in [6.07, 6.45) is 0. The molecule has 0 aromatic carbocycles. The van der Waals surface area contributed by atoms with Crippen LogP contribution in [-0.4, -0.2) is 15.8 Å². The van der Waals surface area contributed by atoms with Gasteiger partial charge in [-0.1, -0.05) is 11.6 Å². The van der Waals surface area contributed by atoms with Crippen LogP contribution in [0.15, 0.2) is 28.9 Å². The molecule has 78 valence electrons. The molecule has 16 heavy (non-hydrogen) atoms. The van der Waals surface area contributed by atoms with Crippen molar-refractivity contribution >= 4 is 33.3 Å². The van der Waals surface area contributed by atoms with Crippen molar-refractivity contribution in [3.8, 4) is 11.4 Å². The van der Waals surface area contributed by atoms with E-state index in [1.165, 1.54) is 0 Å². The molecule has 0 saturated carbocycles. The first-order valence-corrected chi connectivity index (χ1v) is 5.72. The summed E-state index contributed by atoms with van der Waals surface area (Å²) in [5, 5.41) is 0.362. The smallest absolute Gasteiger partial charge is 0.197 e. The molecule has 0 radical (unpaired) electrons. The van der Waals surface area contributed by atoms with Gasteiger partial charge in [-0.3, -0.25) is 4.79 Å². The van der Waals surface area contributed by atoms with Gasteiger partial charge in [0.2, 0.25) is 0 Å².